The van der Waals surface area contributed by atoms with E-state index in [2.05, 4.69) is 10.6 Å². The molecule has 92 valence electrons. The minimum Gasteiger partial charge on any atom is -0.321 e. The second kappa shape index (κ2) is 5.23. The molecule has 3 nitrogen and oxygen atoms in total. The van der Waals surface area contributed by atoms with Gasteiger partial charge in [-0.2, -0.15) is 0 Å². The van der Waals surface area contributed by atoms with Gasteiger partial charge in [-0.05, 0) is 38.1 Å². The number of carbonyl (C=O) groups is 1. The summed E-state index contributed by atoms with van der Waals surface area (Å²) in [5.41, 5.74) is -0.351. The topological polar surface area (TPSA) is 41.1 Å². The number of hydrogen-bond donors (Lipinski definition) is 2. The van der Waals surface area contributed by atoms with Gasteiger partial charge in [0.2, 0.25) is 5.91 Å². The third-order valence-electron chi connectivity index (χ3n) is 2.92. The lowest BCUT2D eigenvalue weighted by atomic mass is 9.97. The number of anilines is 1. The Morgan fingerprint density at radius 3 is 2.41 bits per heavy atom. The van der Waals surface area contributed by atoms with Crippen molar-refractivity contribution < 1.29 is 13.6 Å². The molecule has 5 heteroatoms. The van der Waals surface area contributed by atoms with Crippen LogP contribution in [0.5, 0.6) is 0 Å². The predicted octanol–water partition coefficient (Wildman–Crippen LogP) is 1.90. The van der Waals surface area contributed by atoms with Gasteiger partial charge in [-0.3, -0.25) is 4.79 Å². The summed E-state index contributed by atoms with van der Waals surface area (Å²) in [6.07, 6.45) is 1.39. The van der Waals surface area contributed by atoms with Crippen LogP contribution in [0.15, 0.2) is 18.2 Å². The summed E-state index contributed by atoms with van der Waals surface area (Å²) in [6.45, 7) is 1.52. The summed E-state index contributed by atoms with van der Waals surface area (Å²) in [5, 5.41) is 5.46. The lowest BCUT2D eigenvalue weighted by Crippen LogP contribution is -2.34. The van der Waals surface area contributed by atoms with Crippen molar-refractivity contribution in [1.29, 1.82) is 0 Å². The Labute approximate surface area is 98.2 Å². The molecule has 1 heterocycles. The molecule has 2 N–H and O–H groups in total. The van der Waals surface area contributed by atoms with E-state index in [9.17, 15) is 13.6 Å². The zero-order chi connectivity index (χ0) is 12.3. The zero-order valence-electron chi connectivity index (χ0n) is 9.30. The van der Waals surface area contributed by atoms with Crippen LogP contribution >= 0.6 is 0 Å². The van der Waals surface area contributed by atoms with E-state index in [0.717, 1.165) is 25.2 Å². The van der Waals surface area contributed by atoms with Crippen molar-refractivity contribution in [3.8, 4) is 0 Å². The van der Waals surface area contributed by atoms with Crippen LogP contribution in [0.2, 0.25) is 0 Å². The molecule has 1 aromatic rings. The lowest BCUT2D eigenvalue weighted by Gasteiger charge is -2.21. The van der Waals surface area contributed by atoms with Gasteiger partial charge >= 0.3 is 0 Å². The second-order valence-electron chi connectivity index (χ2n) is 4.11. The maximum atomic E-state index is 13.3. The van der Waals surface area contributed by atoms with E-state index in [1.165, 1.54) is 6.07 Å². The van der Waals surface area contributed by atoms with Crippen LogP contribution in [0.1, 0.15) is 12.8 Å². The third-order valence-corrected chi connectivity index (χ3v) is 2.92. The second-order valence-corrected chi connectivity index (χ2v) is 4.11. The summed E-state index contributed by atoms with van der Waals surface area (Å²) < 4.78 is 26.6. The minimum atomic E-state index is -0.743. The van der Waals surface area contributed by atoms with E-state index in [1.807, 2.05) is 0 Å². The Balaban J connectivity index is 2.07. The number of para-hydroxylation sites is 1. The number of halogens is 2. The van der Waals surface area contributed by atoms with E-state index in [4.69, 9.17) is 0 Å². The number of hydrogen-bond acceptors (Lipinski definition) is 2. The fourth-order valence-electron chi connectivity index (χ4n) is 1.93. The van der Waals surface area contributed by atoms with Gasteiger partial charge in [-0.15, -0.1) is 0 Å². The molecule has 0 unspecified atom stereocenters. The maximum absolute atomic E-state index is 13.3. The van der Waals surface area contributed by atoms with Crippen molar-refractivity contribution in [3.05, 3.63) is 29.8 Å². The van der Waals surface area contributed by atoms with Gasteiger partial charge in [0, 0.05) is 5.92 Å². The molecule has 1 saturated heterocycles. The van der Waals surface area contributed by atoms with Crippen molar-refractivity contribution in [2.75, 3.05) is 18.4 Å². The molecule has 0 aliphatic carbocycles. The highest BCUT2D eigenvalue weighted by Crippen LogP contribution is 2.20. The predicted molar refractivity (Wildman–Crippen MR) is 60.6 cm³/mol. The number of piperidine rings is 1. The van der Waals surface area contributed by atoms with Gasteiger partial charge in [0.1, 0.15) is 17.3 Å². The van der Waals surface area contributed by atoms with Crippen LogP contribution < -0.4 is 10.6 Å². The Kier molecular flexibility index (Phi) is 3.68. The zero-order valence-corrected chi connectivity index (χ0v) is 9.30. The first kappa shape index (κ1) is 12.0. The normalized spacial score (nSPS) is 16.8. The molecule has 1 aromatic carbocycles. The average Bonchev–Trinajstić information content (AvgIpc) is 2.35. The smallest absolute Gasteiger partial charge is 0.227 e. The summed E-state index contributed by atoms with van der Waals surface area (Å²) in [6, 6.07) is 3.52. The molecule has 0 aromatic heterocycles. The van der Waals surface area contributed by atoms with Crippen LogP contribution in [0.4, 0.5) is 14.5 Å². The molecular formula is C12H14F2N2O. The van der Waals surface area contributed by atoms with Gasteiger partial charge in [0.05, 0.1) is 0 Å². The molecule has 0 radical (unpaired) electrons. The molecule has 2 rings (SSSR count). The molecule has 0 bridgehead atoms. The third kappa shape index (κ3) is 2.79. The SMILES string of the molecule is O=C(Nc1c(F)cccc1F)C1CCNCC1. The van der Waals surface area contributed by atoms with E-state index < -0.39 is 11.6 Å². The highest BCUT2D eigenvalue weighted by Gasteiger charge is 2.22. The van der Waals surface area contributed by atoms with Crippen molar-refractivity contribution >= 4 is 11.6 Å². The molecule has 0 saturated carbocycles. The summed E-state index contributed by atoms with van der Waals surface area (Å²) >= 11 is 0. The fourth-order valence-corrected chi connectivity index (χ4v) is 1.93. The maximum Gasteiger partial charge on any atom is 0.227 e. The van der Waals surface area contributed by atoms with Crippen molar-refractivity contribution in [1.82, 2.24) is 5.32 Å². The van der Waals surface area contributed by atoms with Crippen molar-refractivity contribution in [2.24, 2.45) is 5.92 Å². The largest absolute Gasteiger partial charge is 0.321 e. The Morgan fingerprint density at radius 2 is 1.82 bits per heavy atom. The molecule has 1 aliphatic heterocycles. The van der Waals surface area contributed by atoms with Crippen LogP contribution in [0.25, 0.3) is 0 Å². The lowest BCUT2D eigenvalue weighted by molar-refractivity contribution is -0.120. The molecule has 1 aliphatic rings. The monoisotopic (exact) mass is 240 g/mol. The van der Waals surface area contributed by atoms with E-state index >= 15 is 0 Å². The van der Waals surface area contributed by atoms with Crippen LogP contribution in [0, 0.1) is 17.6 Å². The number of benzene rings is 1. The van der Waals surface area contributed by atoms with Crippen LogP contribution in [-0.4, -0.2) is 19.0 Å². The highest BCUT2D eigenvalue weighted by molar-refractivity contribution is 5.92. The minimum absolute atomic E-state index is 0.171. The molecule has 1 amide bonds. The van der Waals surface area contributed by atoms with Gasteiger partial charge in [-0.1, -0.05) is 6.07 Å². The standard InChI is InChI=1S/C12H14F2N2O/c13-9-2-1-3-10(14)11(9)16-12(17)8-4-6-15-7-5-8/h1-3,8,15H,4-7H2,(H,16,17). The Morgan fingerprint density at radius 1 is 1.24 bits per heavy atom. The Bertz CT molecular complexity index is 397. The Hall–Kier alpha value is -1.49. The van der Waals surface area contributed by atoms with Gasteiger partial charge in [-0.25, -0.2) is 8.78 Å². The molecular weight excluding hydrogens is 226 g/mol. The van der Waals surface area contributed by atoms with Crippen molar-refractivity contribution in [3.63, 3.8) is 0 Å². The van der Waals surface area contributed by atoms with Crippen molar-refractivity contribution in [2.45, 2.75) is 12.8 Å². The fraction of sp³-hybridized carbons (Fsp3) is 0.417. The van der Waals surface area contributed by atoms with Gasteiger partial charge in [0.25, 0.3) is 0 Å². The number of nitrogens with one attached hydrogen (secondary N) is 2. The quantitative estimate of drug-likeness (QED) is 0.829. The summed E-state index contributed by atoms with van der Waals surface area (Å²) in [4.78, 5) is 11.8. The first-order valence-corrected chi connectivity index (χ1v) is 5.64. The molecule has 1 fully saturated rings. The van der Waals surface area contributed by atoms with E-state index in [1.54, 1.807) is 0 Å². The molecule has 0 spiro atoms. The average molecular weight is 240 g/mol. The molecule has 0 atom stereocenters. The number of rotatable bonds is 2. The molecule has 17 heavy (non-hydrogen) atoms. The number of amides is 1. The van der Waals surface area contributed by atoms with Crippen LogP contribution in [-0.2, 0) is 4.79 Å². The summed E-state index contributed by atoms with van der Waals surface area (Å²) in [5.74, 6) is -1.97. The first-order valence-electron chi connectivity index (χ1n) is 5.64. The summed E-state index contributed by atoms with van der Waals surface area (Å²) in [7, 11) is 0. The highest BCUT2D eigenvalue weighted by atomic mass is 19.1. The number of carbonyl (C=O) groups excluding carboxylic acids is 1. The van der Waals surface area contributed by atoms with E-state index in [0.29, 0.717) is 12.8 Å². The van der Waals surface area contributed by atoms with E-state index in [-0.39, 0.29) is 17.5 Å². The van der Waals surface area contributed by atoms with Crippen LogP contribution in [0.3, 0.4) is 0 Å². The van der Waals surface area contributed by atoms with Gasteiger partial charge in [0.15, 0.2) is 0 Å². The first-order chi connectivity index (χ1) is 8.18. The van der Waals surface area contributed by atoms with Gasteiger partial charge < -0.3 is 10.6 Å².